The van der Waals surface area contributed by atoms with Gasteiger partial charge in [-0.2, -0.15) is 4.31 Å². The number of amides is 1. The molecule has 0 aliphatic carbocycles. The van der Waals surface area contributed by atoms with Gasteiger partial charge >= 0.3 is 0 Å². The van der Waals surface area contributed by atoms with E-state index in [9.17, 15) is 13.2 Å². The van der Waals surface area contributed by atoms with Crippen molar-refractivity contribution in [3.8, 4) is 0 Å². The maximum absolute atomic E-state index is 12.5. The Balaban J connectivity index is 1.73. The molecule has 6 heteroatoms. The molecule has 0 fully saturated rings. The van der Waals surface area contributed by atoms with E-state index in [1.807, 2.05) is 56.3 Å². The molecule has 1 N–H and O–H groups in total. The first-order valence-electron chi connectivity index (χ1n) is 9.13. The molecule has 28 heavy (non-hydrogen) atoms. The van der Waals surface area contributed by atoms with Crippen LogP contribution in [-0.2, 0) is 21.2 Å². The first-order valence-corrected chi connectivity index (χ1v) is 10.6. The van der Waals surface area contributed by atoms with Crippen LogP contribution in [0.3, 0.4) is 0 Å². The molecular weight excluding hydrogens is 372 g/mol. The van der Waals surface area contributed by atoms with Gasteiger partial charge in [0.2, 0.25) is 15.9 Å². The molecule has 0 saturated carbocycles. The summed E-state index contributed by atoms with van der Waals surface area (Å²) in [6.07, 6.45) is 0.248. The highest BCUT2D eigenvalue weighted by Gasteiger charge is 2.22. The Hall–Kier alpha value is -2.70. The summed E-state index contributed by atoms with van der Waals surface area (Å²) in [4.78, 5) is 12.7. The lowest BCUT2D eigenvalue weighted by Crippen LogP contribution is -2.33. The quantitative estimate of drug-likeness (QED) is 0.684. The summed E-state index contributed by atoms with van der Waals surface area (Å²) in [6, 6.07) is 20.0. The third-order valence-electron chi connectivity index (χ3n) is 4.77. The number of carbonyl (C=O) groups is 1. The molecule has 146 valence electrons. The van der Waals surface area contributed by atoms with E-state index in [4.69, 9.17) is 0 Å². The molecule has 0 aromatic heterocycles. The average molecular weight is 397 g/mol. The average Bonchev–Trinajstić information content (AvgIpc) is 2.68. The third-order valence-corrected chi connectivity index (χ3v) is 6.82. The van der Waals surface area contributed by atoms with E-state index in [1.54, 1.807) is 19.2 Å². The van der Waals surface area contributed by atoms with Crippen LogP contribution in [0.2, 0.25) is 0 Å². The van der Waals surface area contributed by atoms with Gasteiger partial charge in [0, 0.05) is 18.8 Å². The van der Waals surface area contributed by atoms with E-state index in [2.05, 4.69) is 5.32 Å². The van der Waals surface area contributed by atoms with Crippen molar-refractivity contribution >= 4 is 32.4 Å². The van der Waals surface area contributed by atoms with Gasteiger partial charge in [0.1, 0.15) is 0 Å². The Morgan fingerprint density at radius 2 is 1.61 bits per heavy atom. The SMILES string of the molecule is CC(C)N(C)S(=O)(=O)c1ccc(NC(=O)Cc2cccc3ccccc23)cc1. The van der Waals surface area contributed by atoms with Crippen LogP contribution in [0.1, 0.15) is 19.4 Å². The molecule has 0 spiro atoms. The predicted octanol–water partition coefficient (Wildman–Crippen LogP) is 4.05. The Bertz CT molecular complexity index is 1080. The summed E-state index contributed by atoms with van der Waals surface area (Å²) < 4.78 is 26.3. The molecule has 0 unspecified atom stereocenters. The highest BCUT2D eigenvalue weighted by atomic mass is 32.2. The lowest BCUT2D eigenvalue weighted by molar-refractivity contribution is -0.115. The summed E-state index contributed by atoms with van der Waals surface area (Å²) >= 11 is 0. The van der Waals surface area contributed by atoms with Crippen molar-refractivity contribution in [3.05, 3.63) is 72.3 Å². The molecular formula is C22H24N2O3S. The van der Waals surface area contributed by atoms with Crippen LogP contribution in [0, 0.1) is 0 Å². The normalized spacial score (nSPS) is 11.9. The first-order chi connectivity index (χ1) is 13.3. The number of nitrogens with one attached hydrogen (secondary N) is 1. The number of carbonyl (C=O) groups excluding carboxylic acids is 1. The number of hydrogen-bond donors (Lipinski definition) is 1. The first kappa shape index (κ1) is 20.0. The minimum Gasteiger partial charge on any atom is -0.326 e. The van der Waals surface area contributed by atoms with Crippen molar-refractivity contribution in [2.75, 3.05) is 12.4 Å². The number of sulfonamides is 1. The Morgan fingerprint density at radius 3 is 2.29 bits per heavy atom. The summed E-state index contributed by atoms with van der Waals surface area (Å²) in [6.45, 7) is 3.64. The molecule has 0 atom stereocenters. The molecule has 0 heterocycles. The van der Waals surface area contributed by atoms with Crippen LogP contribution in [0.15, 0.2) is 71.6 Å². The number of nitrogens with zero attached hydrogens (tertiary/aromatic N) is 1. The monoisotopic (exact) mass is 396 g/mol. The van der Waals surface area contributed by atoms with Crippen LogP contribution in [-0.4, -0.2) is 31.7 Å². The fourth-order valence-corrected chi connectivity index (χ4v) is 4.35. The van der Waals surface area contributed by atoms with Crippen LogP contribution >= 0.6 is 0 Å². The maximum Gasteiger partial charge on any atom is 0.243 e. The smallest absolute Gasteiger partial charge is 0.243 e. The zero-order chi connectivity index (χ0) is 20.3. The Labute approximate surface area is 166 Å². The van der Waals surface area contributed by atoms with Crippen molar-refractivity contribution in [1.82, 2.24) is 4.31 Å². The number of hydrogen-bond acceptors (Lipinski definition) is 3. The standard InChI is InChI=1S/C22H24N2O3S/c1-16(2)24(3)28(26,27)20-13-11-19(12-14-20)23-22(25)15-18-9-6-8-17-7-4-5-10-21(17)18/h4-14,16H,15H2,1-3H3,(H,23,25). The maximum atomic E-state index is 12.5. The van der Waals surface area contributed by atoms with Crippen LogP contribution in [0.5, 0.6) is 0 Å². The molecule has 0 aliphatic rings. The number of benzene rings is 3. The van der Waals surface area contributed by atoms with E-state index in [1.165, 1.54) is 16.4 Å². The second-order valence-electron chi connectivity index (χ2n) is 7.00. The van der Waals surface area contributed by atoms with Crippen LogP contribution < -0.4 is 5.32 Å². The molecule has 0 aliphatic heterocycles. The van der Waals surface area contributed by atoms with Crippen molar-refractivity contribution in [2.24, 2.45) is 0 Å². The number of fused-ring (bicyclic) bond motifs is 1. The lowest BCUT2D eigenvalue weighted by Gasteiger charge is -2.21. The molecule has 3 rings (SSSR count). The lowest BCUT2D eigenvalue weighted by atomic mass is 10.0. The Morgan fingerprint density at radius 1 is 0.964 bits per heavy atom. The summed E-state index contributed by atoms with van der Waals surface area (Å²) in [5.74, 6) is -0.147. The van der Waals surface area contributed by atoms with Gasteiger partial charge in [-0.15, -0.1) is 0 Å². The van der Waals surface area contributed by atoms with Gasteiger partial charge < -0.3 is 5.32 Å². The second kappa shape index (κ2) is 8.12. The van der Waals surface area contributed by atoms with Gasteiger partial charge in [0.15, 0.2) is 0 Å². The van der Waals surface area contributed by atoms with Gasteiger partial charge in [0.05, 0.1) is 11.3 Å². The minimum atomic E-state index is -3.54. The molecule has 5 nitrogen and oxygen atoms in total. The van der Waals surface area contributed by atoms with Gasteiger partial charge in [0.25, 0.3) is 0 Å². The molecule has 1 amide bonds. The molecule has 0 bridgehead atoms. The molecule has 3 aromatic rings. The van der Waals surface area contributed by atoms with Crippen molar-refractivity contribution in [2.45, 2.75) is 31.2 Å². The summed E-state index contributed by atoms with van der Waals surface area (Å²) in [7, 11) is -1.98. The van der Waals surface area contributed by atoms with Crippen molar-refractivity contribution in [1.29, 1.82) is 0 Å². The van der Waals surface area contributed by atoms with E-state index in [-0.39, 0.29) is 23.3 Å². The largest absolute Gasteiger partial charge is 0.326 e. The zero-order valence-electron chi connectivity index (χ0n) is 16.2. The van der Waals surface area contributed by atoms with E-state index in [0.29, 0.717) is 5.69 Å². The van der Waals surface area contributed by atoms with E-state index in [0.717, 1.165) is 16.3 Å². The summed E-state index contributed by atoms with van der Waals surface area (Å²) in [5, 5.41) is 4.99. The summed E-state index contributed by atoms with van der Waals surface area (Å²) in [5.41, 5.74) is 1.52. The zero-order valence-corrected chi connectivity index (χ0v) is 17.0. The van der Waals surface area contributed by atoms with Gasteiger partial charge in [-0.25, -0.2) is 8.42 Å². The molecule has 3 aromatic carbocycles. The topological polar surface area (TPSA) is 66.5 Å². The van der Waals surface area contributed by atoms with Crippen LogP contribution in [0.4, 0.5) is 5.69 Å². The molecule has 0 radical (unpaired) electrons. The van der Waals surface area contributed by atoms with Crippen LogP contribution in [0.25, 0.3) is 10.8 Å². The second-order valence-corrected chi connectivity index (χ2v) is 9.00. The minimum absolute atomic E-state index is 0.134. The molecule has 0 saturated heterocycles. The third kappa shape index (κ3) is 4.24. The van der Waals surface area contributed by atoms with E-state index < -0.39 is 10.0 Å². The van der Waals surface area contributed by atoms with E-state index >= 15 is 0 Å². The predicted molar refractivity (Wildman–Crippen MR) is 113 cm³/mol. The van der Waals surface area contributed by atoms with Gasteiger partial charge in [-0.05, 0) is 54.4 Å². The van der Waals surface area contributed by atoms with Gasteiger partial charge in [-0.3, -0.25) is 4.79 Å². The highest BCUT2D eigenvalue weighted by Crippen LogP contribution is 2.21. The Kier molecular flexibility index (Phi) is 5.82. The fourth-order valence-electron chi connectivity index (χ4n) is 2.98. The number of anilines is 1. The van der Waals surface area contributed by atoms with Crippen molar-refractivity contribution in [3.63, 3.8) is 0 Å². The fraction of sp³-hybridized carbons (Fsp3) is 0.227. The number of rotatable bonds is 6. The highest BCUT2D eigenvalue weighted by molar-refractivity contribution is 7.89. The van der Waals surface area contributed by atoms with Gasteiger partial charge in [-0.1, -0.05) is 42.5 Å². The van der Waals surface area contributed by atoms with Crippen molar-refractivity contribution < 1.29 is 13.2 Å².